The highest BCUT2D eigenvalue weighted by Crippen LogP contribution is 2.39. The molecule has 1 aliphatic rings. The molecular weight excluding hydrogens is 403 g/mol. The summed E-state index contributed by atoms with van der Waals surface area (Å²) < 4.78 is 5.60. The SMILES string of the molecule is C[C@H]1CCc2c(sc(NC(=O)CCCOc3ccc(Cl)cc3Cl)c2C#N)C1. The fourth-order valence-corrected chi connectivity index (χ4v) is 4.99. The zero-order valence-corrected chi connectivity index (χ0v) is 17.3. The molecule has 27 heavy (non-hydrogen) atoms. The summed E-state index contributed by atoms with van der Waals surface area (Å²) in [6.07, 6.45) is 3.86. The number of carbonyl (C=O) groups is 1. The lowest BCUT2D eigenvalue weighted by molar-refractivity contribution is -0.116. The lowest BCUT2D eigenvalue weighted by Gasteiger charge is -2.17. The van der Waals surface area contributed by atoms with Crippen LogP contribution in [0.4, 0.5) is 5.00 Å². The third-order valence-corrected chi connectivity index (χ3v) is 6.28. The summed E-state index contributed by atoms with van der Waals surface area (Å²) in [5.74, 6) is 1.07. The highest BCUT2D eigenvalue weighted by atomic mass is 35.5. The molecule has 142 valence electrons. The number of hydrogen-bond donors (Lipinski definition) is 1. The van der Waals surface area contributed by atoms with Crippen LogP contribution in [0.5, 0.6) is 5.75 Å². The molecule has 1 atom stereocenters. The average molecular weight is 423 g/mol. The largest absolute Gasteiger partial charge is 0.492 e. The Hall–Kier alpha value is -1.74. The first kappa shape index (κ1) is 20.0. The summed E-state index contributed by atoms with van der Waals surface area (Å²) in [4.78, 5) is 13.5. The van der Waals surface area contributed by atoms with E-state index < -0.39 is 0 Å². The van der Waals surface area contributed by atoms with Crippen molar-refractivity contribution in [3.05, 3.63) is 44.2 Å². The van der Waals surface area contributed by atoms with Crippen LogP contribution in [-0.2, 0) is 17.6 Å². The fourth-order valence-electron chi connectivity index (χ4n) is 3.15. The normalized spacial score (nSPS) is 15.7. The number of nitriles is 1. The number of nitrogens with zero attached hydrogens (tertiary/aromatic N) is 1. The number of anilines is 1. The molecule has 1 N–H and O–H groups in total. The maximum atomic E-state index is 12.3. The number of carbonyl (C=O) groups excluding carboxylic acids is 1. The van der Waals surface area contributed by atoms with Gasteiger partial charge in [-0.3, -0.25) is 4.79 Å². The number of thiophene rings is 1. The number of nitrogens with one attached hydrogen (secondary N) is 1. The Morgan fingerprint density at radius 3 is 3.00 bits per heavy atom. The van der Waals surface area contributed by atoms with Gasteiger partial charge < -0.3 is 10.1 Å². The molecule has 0 bridgehead atoms. The fraction of sp³-hybridized carbons (Fsp3) is 0.400. The first-order valence-electron chi connectivity index (χ1n) is 8.90. The molecule has 0 radical (unpaired) electrons. The molecule has 1 heterocycles. The number of benzene rings is 1. The van der Waals surface area contributed by atoms with E-state index in [-0.39, 0.29) is 5.91 Å². The number of hydrogen-bond acceptors (Lipinski definition) is 4. The predicted octanol–water partition coefficient (Wildman–Crippen LogP) is 5.85. The second kappa shape index (κ2) is 8.97. The van der Waals surface area contributed by atoms with E-state index >= 15 is 0 Å². The van der Waals surface area contributed by atoms with E-state index in [9.17, 15) is 10.1 Å². The Balaban J connectivity index is 1.52. The summed E-state index contributed by atoms with van der Waals surface area (Å²) in [5.41, 5.74) is 1.76. The molecule has 7 heteroatoms. The van der Waals surface area contributed by atoms with Gasteiger partial charge in [0.05, 0.1) is 17.2 Å². The zero-order chi connectivity index (χ0) is 19.4. The number of ether oxygens (including phenoxy) is 1. The Labute approximate surface area is 173 Å². The van der Waals surface area contributed by atoms with Crippen molar-refractivity contribution >= 4 is 45.4 Å². The van der Waals surface area contributed by atoms with Gasteiger partial charge in [-0.25, -0.2) is 0 Å². The van der Waals surface area contributed by atoms with E-state index in [0.29, 0.717) is 51.7 Å². The van der Waals surface area contributed by atoms with Crippen molar-refractivity contribution in [2.45, 2.75) is 39.0 Å². The van der Waals surface area contributed by atoms with Crippen LogP contribution in [0.1, 0.15) is 42.2 Å². The summed E-state index contributed by atoms with van der Waals surface area (Å²) >= 11 is 13.4. The van der Waals surface area contributed by atoms with Crippen LogP contribution < -0.4 is 10.1 Å². The van der Waals surface area contributed by atoms with Crippen molar-refractivity contribution in [3.63, 3.8) is 0 Å². The minimum Gasteiger partial charge on any atom is -0.492 e. The topological polar surface area (TPSA) is 62.1 Å². The van der Waals surface area contributed by atoms with E-state index in [1.807, 2.05) is 0 Å². The highest BCUT2D eigenvalue weighted by molar-refractivity contribution is 7.16. The van der Waals surface area contributed by atoms with Gasteiger partial charge in [0.25, 0.3) is 0 Å². The smallest absolute Gasteiger partial charge is 0.225 e. The van der Waals surface area contributed by atoms with Crippen LogP contribution in [0.15, 0.2) is 18.2 Å². The lowest BCUT2D eigenvalue weighted by atomic mass is 9.89. The molecule has 0 saturated carbocycles. The van der Waals surface area contributed by atoms with Gasteiger partial charge in [0, 0.05) is 16.3 Å². The van der Waals surface area contributed by atoms with Crippen molar-refractivity contribution in [1.82, 2.24) is 0 Å². The molecule has 2 aromatic rings. The van der Waals surface area contributed by atoms with Crippen LogP contribution in [0.25, 0.3) is 0 Å². The highest BCUT2D eigenvalue weighted by Gasteiger charge is 2.24. The van der Waals surface area contributed by atoms with E-state index in [1.165, 1.54) is 4.88 Å². The third kappa shape index (κ3) is 4.95. The van der Waals surface area contributed by atoms with Crippen LogP contribution in [-0.4, -0.2) is 12.5 Å². The molecule has 1 amide bonds. The molecular formula is C20H20Cl2N2O2S. The van der Waals surface area contributed by atoms with Crippen molar-refractivity contribution in [2.24, 2.45) is 5.92 Å². The first-order valence-corrected chi connectivity index (χ1v) is 10.5. The standard InChI is InChI=1S/C20H20Cl2N2O2S/c1-12-4-6-14-15(11-23)20(27-18(14)9-12)24-19(25)3-2-8-26-17-7-5-13(21)10-16(17)22/h5,7,10,12H,2-4,6,8-9H2,1H3,(H,24,25)/t12-/m0/s1. The summed E-state index contributed by atoms with van der Waals surface area (Å²) in [7, 11) is 0. The van der Waals surface area contributed by atoms with Gasteiger partial charge in [-0.2, -0.15) is 5.26 Å². The van der Waals surface area contributed by atoms with E-state index in [4.69, 9.17) is 27.9 Å². The molecule has 0 unspecified atom stereocenters. The molecule has 4 nitrogen and oxygen atoms in total. The number of amides is 1. The lowest BCUT2D eigenvalue weighted by Crippen LogP contribution is -2.13. The second-order valence-electron chi connectivity index (χ2n) is 6.74. The van der Waals surface area contributed by atoms with Crippen molar-refractivity contribution in [1.29, 1.82) is 5.26 Å². The van der Waals surface area contributed by atoms with E-state index in [2.05, 4.69) is 18.3 Å². The van der Waals surface area contributed by atoms with Crippen molar-refractivity contribution in [2.75, 3.05) is 11.9 Å². The van der Waals surface area contributed by atoms with Crippen LogP contribution in [0.2, 0.25) is 10.0 Å². The Morgan fingerprint density at radius 1 is 1.44 bits per heavy atom. The quantitative estimate of drug-likeness (QED) is 0.593. The minimum atomic E-state index is -0.107. The van der Waals surface area contributed by atoms with Gasteiger partial charge in [-0.15, -0.1) is 11.3 Å². The van der Waals surface area contributed by atoms with Gasteiger partial charge in [0.15, 0.2) is 0 Å². The Kier molecular flexibility index (Phi) is 6.64. The summed E-state index contributed by atoms with van der Waals surface area (Å²) in [5, 5.41) is 14.1. The summed E-state index contributed by atoms with van der Waals surface area (Å²) in [6, 6.07) is 7.30. The number of fused-ring (bicyclic) bond motifs is 1. The molecule has 3 rings (SSSR count). The van der Waals surface area contributed by atoms with Crippen molar-refractivity contribution < 1.29 is 9.53 Å². The van der Waals surface area contributed by atoms with Gasteiger partial charge >= 0.3 is 0 Å². The Morgan fingerprint density at radius 2 is 2.26 bits per heavy atom. The van der Waals surface area contributed by atoms with Crippen molar-refractivity contribution in [3.8, 4) is 11.8 Å². The molecule has 0 spiro atoms. The van der Waals surface area contributed by atoms with E-state index in [1.54, 1.807) is 29.5 Å². The van der Waals surface area contributed by atoms with Gasteiger partial charge in [-0.05, 0) is 55.4 Å². The third-order valence-electron chi connectivity index (χ3n) is 4.58. The van der Waals surface area contributed by atoms with Gasteiger partial charge in [-0.1, -0.05) is 30.1 Å². The van der Waals surface area contributed by atoms with Crippen LogP contribution in [0, 0.1) is 17.2 Å². The van der Waals surface area contributed by atoms with Gasteiger partial charge in [0.2, 0.25) is 5.91 Å². The molecule has 0 fully saturated rings. The second-order valence-corrected chi connectivity index (χ2v) is 8.69. The predicted molar refractivity (Wildman–Crippen MR) is 110 cm³/mol. The Bertz CT molecular complexity index is 889. The molecule has 1 aromatic carbocycles. The molecule has 1 aliphatic carbocycles. The van der Waals surface area contributed by atoms with Crippen LogP contribution in [0.3, 0.4) is 0 Å². The maximum absolute atomic E-state index is 12.3. The van der Waals surface area contributed by atoms with E-state index in [0.717, 1.165) is 24.8 Å². The monoisotopic (exact) mass is 422 g/mol. The zero-order valence-electron chi connectivity index (χ0n) is 15.0. The molecule has 0 saturated heterocycles. The van der Waals surface area contributed by atoms with Crippen LogP contribution >= 0.6 is 34.5 Å². The first-order chi connectivity index (χ1) is 13.0. The van der Waals surface area contributed by atoms with Gasteiger partial charge in [0.1, 0.15) is 16.8 Å². The number of halogens is 2. The molecule has 1 aromatic heterocycles. The maximum Gasteiger partial charge on any atom is 0.225 e. The molecule has 0 aliphatic heterocycles. The summed E-state index contributed by atoms with van der Waals surface area (Å²) in [6.45, 7) is 2.60. The minimum absolute atomic E-state index is 0.107. The average Bonchev–Trinajstić information content (AvgIpc) is 2.96. The number of rotatable bonds is 6.